The number of benzene rings is 2. The molecule has 1 aliphatic rings. The van der Waals surface area contributed by atoms with Gasteiger partial charge in [-0.1, -0.05) is 30.3 Å². The molecule has 0 radical (unpaired) electrons. The molecule has 1 aliphatic carbocycles. The topological polar surface area (TPSA) is 41.6 Å². The van der Waals surface area contributed by atoms with Crippen molar-refractivity contribution in [2.75, 3.05) is 27.2 Å². The van der Waals surface area contributed by atoms with Crippen LogP contribution in [0.25, 0.3) is 0 Å². The normalized spacial score (nSPS) is 13.3. The maximum Gasteiger partial charge on any atom is 0.224 e. The number of fused-ring (bicyclic) bond motifs is 1. The van der Waals surface area contributed by atoms with E-state index in [0.717, 1.165) is 29.8 Å². The summed E-state index contributed by atoms with van der Waals surface area (Å²) < 4.78 is 5.76. The lowest BCUT2D eigenvalue weighted by atomic mass is 9.90. The third-order valence-corrected chi connectivity index (χ3v) is 4.97. The van der Waals surface area contributed by atoms with Crippen molar-refractivity contribution in [3.05, 3.63) is 64.7 Å². The van der Waals surface area contributed by atoms with Crippen molar-refractivity contribution in [3.8, 4) is 5.75 Å². The van der Waals surface area contributed by atoms with E-state index in [9.17, 15) is 4.79 Å². The maximum atomic E-state index is 12.3. The Kier molecular flexibility index (Phi) is 6.88. The quantitative estimate of drug-likeness (QED) is 0.779. The number of carbonyl (C=O) groups excluding carboxylic acids is 1. The first kappa shape index (κ1) is 19.4. The highest BCUT2D eigenvalue weighted by molar-refractivity contribution is 5.78. The molecule has 2 aromatic carbocycles. The van der Waals surface area contributed by atoms with E-state index >= 15 is 0 Å². The number of rotatable bonds is 8. The highest BCUT2D eigenvalue weighted by Crippen LogP contribution is 2.22. The summed E-state index contributed by atoms with van der Waals surface area (Å²) in [5, 5.41) is 3.03. The smallest absolute Gasteiger partial charge is 0.224 e. The van der Waals surface area contributed by atoms with Crippen LogP contribution < -0.4 is 10.1 Å². The van der Waals surface area contributed by atoms with Gasteiger partial charge in [-0.05, 0) is 74.2 Å². The first-order valence-electron chi connectivity index (χ1n) is 9.84. The molecule has 1 amide bonds. The van der Waals surface area contributed by atoms with Gasteiger partial charge in [0.2, 0.25) is 5.91 Å². The van der Waals surface area contributed by atoms with Gasteiger partial charge in [0.15, 0.2) is 0 Å². The maximum absolute atomic E-state index is 12.3. The van der Waals surface area contributed by atoms with Crippen LogP contribution in [0, 0.1) is 0 Å². The average Bonchev–Trinajstić information content (AvgIpc) is 2.66. The zero-order valence-electron chi connectivity index (χ0n) is 16.5. The molecule has 0 unspecified atom stereocenters. The van der Waals surface area contributed by atoms with Crippen LogP contribution in [0.3, 0.4) is 0 Å². The van der Waals surface area contributed by atoms with E-state index in [0.29, 0.717) is 19.6 Å². The SMILES string of the molecule is CN(C)CCOc1cccc(CNC(=O)Cc2ccc3c(c2)CCCC3)c1. The summed E-state index contributed by atoms with van der Waals surface area (Å²) in [7, 11) is 4.05. The van der Waals surface area contributed by atoms with Crippen molar-refractivity contribution in [2.24, 2.45) is 0 Å². The molecule has 0 atom stereocenters. The predicted octanol–water partition coefficient (Wildman–Crippen LogP) is 3.36. The second-order valence-electron chi connectivity index (χ2n) is 7.56. The standard InChI is InChI=1S/C23H30N2O2/c1-25(2)12-13-27-22-9-5-6-19(15-22)17-24-23(26)16-18-10-11-20-7-3-4-8-21(20)14-18/h5-6,9-11,14-15H,3-4,7-8,12-13,16-17H2,1-2H3,(H,24,26). The number of hydrogen-bond acceptors (Lipinski definition) is 3. The molecule has 0 saturated carbocycles. The lowest BCUT2D eigenvalue weighted by Crippen LogP contribution is -2.24. The number of amides is 1. The van der Waals surface area contributed by atoms with Crippen molar-refractivity contribution in [1.29, 1.82) is 0 Å². The molecular weight excluding hydrogens is 336 g/mol. The van der Waals surface area contributed by atoms with Crippen molar-refractivity contribution < 1.29 is 9.53 Å². The Hall–Kier alpha value is -2.33. The molecular formula is C23H30N2O2. The van der Waals surface area contributed by atoms with Crippen LogP contribution in [-0.4, -0.2) is 38.1 Å². The minimum atomic E-state index is 0.0599. The first-order valence-corrected chi connectivity index (χ1v) is 9.84. The number of carbonyl (C=O) groups is 1. The van der Waals surface area contributed by atoms with Gasteiger partial charge in [0.1, 0.15) is 12.4 Å². The van der Waals surface area contributed by atoms with E-state index in [4.69, 9.17) is 4.74 Å². The van der Waals surface area contributed by atoms with Gasteiger partial charge in [0.25, 0.3) is 0 Å². The van der Waals surface area contributed by atoms with Crippen LogP contribution in [-0.2, 0) is 30.6 Å². The van der Waals surface area contributed by atoms with E-state index in [1.165, 1.54) is 30.4 Å². The summed E-state index contributed by atoms with van der Waals surface area (Å²) in [6.07, 6.45) is 5.30. The Bertz CT molecular complexity index is 771. The molecule has 0 aliphatic heterocycles. The molecule has 0 spiro atoms. The molecule has 0 aromatic heterocycles. The van der Waals surface area contributed by atoms with E-state index in [1.807, 2.05) is 38.4 Å². The number of hydrogen-bond donors (Lipinski definition) is 1. The molecule has 0 saturated heterocycles. The van der Waals surface area contributed by atoms with Crippen LogP contribution in [0.4, 0.5) is 0 Å². The van der Waals surface area contributed by atoms with Crippen molar-refractivity contribution in [3.63, 3.8) is 0 Å². The molecule has 0 bridgehead atoms. The van der Waals surface area contributed by atoms with Crippen LogP contribution in [0.15, 0.2) is 42.5 Å². The second kappa shape index (κ2) is 9.56. The van der Waals surface area contributed by atoms with Gasteiger partial charge in [-0.15, -0.1) is 0 Å². The molecule has 4 nitrogen and oxygen atoms in total. The van der Waals surface area contributed by atoms with Gasteiger partial charge >= 0.3 is 0 Å². The van der Waals surface area contributed by atoms with Gasteiger partial charge < -0.3 is 15.0 Å². The minimum absolute atomic E-state index is 0.0599. The number of ether oxygens (including phenoxy) is 1. The van der Waals surface area contributed by atoms with Gasteiger partial charge in [0, 0.05) is 13.1 Å². The Morgan fingerprint density at radius 3 is 2.67 bits per heavy atom. The largest absolute Gasteiger partial charge is 0.492 e. The van der Waals surface area contributed by atoms with E-state index in [2.05, 4.69) is 28.4 Å². The van der Waals surface area contributed by atoms with Crippen LogP contribution in [0.5, 0.6) is 5.75 Å². The molecule has 0 fully saturated rings. The monoisotopic (exact) mass is 366 g/mol. The second-order valence-corrected chi connectivity index (χ2v) is 7.56. The number of nitrogens with zero attached hydrogens (tertiary/aromatic N) is 1. The molecule has 144 valence electrons. The number of nitrogens with one attached hydrogen (secondary N) is 1. The molecule has 4 heteroatoms. The van der Waals surface area contributed by atoms with E-state index in [1.54, 1.807) is 0 Å². The summed E-state index contributed by atoms with van der Waals surface area (Å²) in [5.41, 5.74) is 5.04. The van der Waals surface area contributed by atoms with Crippen LogP contribution in [0.2, 0.25) is 0 Å². The Balaban J connectivity index is 1.49. The van der Waals surface area contributed by atoms with Crippen LogP contribution >= 0.6 is 0 Å². The summed E-state index contributed by atoms with van der Waals surface area (Å²) in [5.74, 6) is 0.906. The van der Waals surface area contributed by atoms with Gasteiger partial charge in [-0.25, -0.2) is 0 Å². The lowest BCUT2D eigenvalue weighted by Gasteiger charge is -2.16. The van der Waals surface area contributed by atoms with Crippen molar-refractivity contribution in [1.82, 2.24) is 10.2 Å². The third-order valence-electron chi connectivity index (χ3n) is 4.97. The fourth-order valence-electron chi connectivity index (χ4n) is 3.44. The third kappa shape index (κ3) is 6.10. The average molecular weight is 367 g/mol. The summed E-state index contributed by atoms with van der Waals surface area (Å²) in [4.78, 5) is 14.4. The van der Waals surface area contributed by atoms with E-state index < -0.39 is 0 Å². The fourth-order valence-corrected chi connectivity index (χ4v) is 3.44. The molecule has 1 N–H and O–H groups in total. The Labute approximate surface area is 162 Å². The van der Waals surface area contributed by atoms with Gasteiger partial charge in [-0.2, -0.15) is 0 Å². The predicted molar refractivity (Wildman–Crippen MR) is 109 cm³/mol. The number of aryl methyl sites for hydroxylation is 2. The number of likely N-dealkylation sites (N-methyl/N-ethyl adjacent to an activating group) is 1. The van der Waals surface area contributed by atoms with Crippen molar-refractivity contribution in [2.45, 2.75) is 38.6 Å². The Morgan fingerprint density at radius 2 is 1.85 bits per heavy atom. The minimum Gasteiger partial charge on any atom is -0.492 e. The Morgan fingerprint density at radius 1 is 1.04 bits per heavy atom. The zero-order valence-corrected chi connectivity index (χ0v) is 16.5. The highest BCUT2D eigenvalue weighted by Gasteiger charge is 2.11. The molecule has 2 aromatic rings. The fraction of sp³-hybridized carbons (Fsp3) is 0.435. The molecule has 3 rings (SSSR count). The summed E-state index contributed by atoms with van der Waals surface area (Å²) >= 11 is 0. The lowest BCUT2D eigenvalue weighted by molar-refractivity contribution is -0.120. The summed E-state index contributed by atoms with van der Waals surface area (Å²) in [6, 6.07) is 14.4. The molecule has 27 heavy (non-hydrogen) atoms. The van der Waals surface area contributed by atoms with Gasteiger partial charge in [-0.3, -0.25) is 4.79 Å². The van der Waals surface area contributed by atoms with E-state index in [-0.39, 0.29) is 5.91 Å². The first-order chi connectivity index (χ1) is 13.1. The zero-order chi connectivity index (χ0) is 19.1. The van der Waals surface area contributed by atoms with Crippen molar-refractivity contribution >= 4 is 5.91 Å². The summed E-state index contributed by atoms with van der Waals surface area (Å²) in [6.45, 7) is 2.05. The highest BCUT2D eigenvalue weighted by atomic mass is 16.5. The van der Waals surface area contributed by atoms with Gasteiger partial charge in [0.05, 0.1) is 6.42 Å². The molecule has 0 heterocycles. The van der Waals surface area contributed by atoms with Crippen LogP contribution in [0.1, 0.15) is 35.1 Å².